The van der Waals surface area contributed by atoms with Gasteiger partial charge in [0, 0.05) is 18.0 Å². The molecular weight excluding hydrogens is 442 g/mol. The summed E-state index contributed by atoms with van der Waals surface area (Å²) in [4.78, 5) is 42.2. The minimum absolute atomic E-state index is 0.0722. The molecular formula is C24H29N3O7. The van der Waals surface area contributed by atoms with Gasteiger partial charge in [0.1, 0.15) is 22.8 Å². The van der Waals surface area contributed by atoms with Gasteiger partial charge in [0.15, 0.2) is 11.4 Å². The first-order valence-electron chi connectivity index (χ1n) is 11.0. The fourth-order valence-electron chi connectivity index (χ4n) is 5.80. The van der Waals surface area contributed by atoms with Gasteiger partial charge in [-0.2, -0.15) is 0 Å². The van der Waals surface area contributed by atoms with E-state index in [1.54, 1.807) is 20.2 Å². The van der Waals surface area contributed by atoms with Crippen molar-refractivity contribution in [3.63, 3.8) is 0 Å². The number of aliphatic hydroxyl groups excluding tert-OH is 2. The van der Waals surface area contributed by atoms with E-state index in [9.17, 15) is 34.8 Å². The van der Waals surface area contributed by atoms with E-state index in [1.807, 2.05) is 19.0 Å². The molecule has 34 heavy (non-hydrogen) atoms. The average molecular weight is 472 g/mol. The van der Waals surface area contributed by atoms with Crippen molar-refractivity contribution >= 4 is 23.2 Å². The maximum atomic E-state index is 13.7. The van der Waals surface area contributed by atoms with Crippen LogP contribution in [0.15, 0.2) is 29.0 Å². The Hall–Kier alpha value is -3.21. The quantitative estimate of drug-likeness (QED) is 0.381. The van der Waals surface area contributed by atoms with Gasteiger partial charge in [-0.15, -0.1) is 0 Å². The van der Waals surface area contributed by atoms with Gasteiger partial charge in [0.05, 0.1) is 11.6 Å². The first kappa shape index (κ1) is 23.9. The number of Topliss-reactive ketones (excluding diaryl/α,β-unsaturated/α-hetero) is 2. The molecule has 0 saturated heterocycles. The third-order valence-corrected chi connectivity index (χ3v) is 7.19. The van der Waals surface area contributed by atoms with Crippen LogP contribution in [0.2, 0.25) is 0 Å². The highest BCUT2D eigenvalue weighted by Gasteiger charge is 2.64. The zero-order chi connectivity index (χ0) is 25.3. The van der Waals surface area contributed by atoms with E-state index in [2.05, 4.69) is 0 Å². The van der Waals surface area contributed by atoms with Crippen LogP contribution in [0.1, 0.15) is 23.1 Å². The van der Waals surface area contributed by atoms with E-state index in [0.717, 1.165) is 5.56 Å². The highest BCUT2D eigenvalue weighted by Crippen LogP contribution is 2.52. The Labute approximate surface area is 196 Å². The molecule has 0 heterocycles. The number of hydrogen-bond acceptors (Lipinski definition) is 9. The molecule has 10 nitrogen and oxygen atoms in total. The Bertz CT molecular complexity index is 1180. The number of phenolic OH excluding ortho intramolecular Hbond substituents is 1. The minimum Gasteiger partial charge on any atom is -0.508 e. The molecule has 0 spiro atoms. The van der Waals surface area contributed by atoms with E-state index >= 15 is 0 Å². The van der Waals surface area contributed by atoms with E-state index in [0.29, 0.717) is 12.1 Å². The number of nitrogens with zero attached hydrogens (tertiary/aromatic N) is 2. The normalized spacial score (nSPS) is 28.9. The summed E-state index contributed by atoms with van der Waals surface area (Å²) in [5, 5.41) is 44.1. The number of rotatable bonds is 4. The lowest BCUT2D eigenvalue weighted by Gasteiger charge is -2.50. The number of amides is 1. The van der Waals surface area contributed by atoms with Crippen molar-refractivity contribution in [2.45, 2.75) is 31.0 Å². The molecule has 4 atom stereocenters. The first-order valence-corrected chi connectivity index (χ1v) is 11.0. The number of fused-ring (bicyclic) bond motifs is 3. The lowest BCUT2D eigenvalue weighted by Crippen LogP contribution is -2.65. The van der Waals surface area contributed by atoms with Crippen LogP contribution in [-0.4, -0.2) is 87.5 Å². The van der Waals surface area contributed by atoms with Crippen LogP contribution in [-0.2, 0) is 27.3 Å². The molecule has 3 aliphatic carbocycles. The van der Waals surface area contributed by atoms with Crippen molar-refractivity contribution in [1.82, 2.24) is 9.80 Å². The van der Waals surface area contributed by atoms with Crippen molar-refractivity contribution in [2.75, 3.05) is 28.2 Å². The zero-order valence-corrected chi connectivity index (χ0v) is 19.5. The van der Waals surface area contributed by atoms with E-state index < -0.39 is 58.0 Å². The molecule has 0 aromatic heterocycles. The summed E-state index contributed by atoms with van der Waals surface area (Å²) in [5.74, 6) is -6.48. The molecule has 1 aromatic carbocycles. The lowest BCUT2D eigenvalue weighted by molar-refractivity contribution is -0.153. The van der Waals surface area contributed by atoms with Crippen molar-refractivity contribution in [1.29, 1.82) is 0 Å². The highest BCUT2D eigenvalue weighted by atomic mass is 16.3. The fraction of sp³-hybridized carbons (Fsp3) is 0.458. The number of aromatic hydroxyl groups is 1. The number of benzene rings is 1. The van der Waals surface area contributed by atoms with Gasteiger partial charge in [-0.25, -0.2) is 0 Å². The first-order chi connectivity index (χ1) is 15.8. The van der Waals surface area contributed by atoms with Gasteiger partial charge in [-0.05, 0) is 64.1 Å². The Kier molecular flexibility index (Phi) is 5.58. The summed E-state index contributed by atoms with van der Waals surface area (Å²) in [6.07, 6.45) is 0.356. The fourth-order valence-corrected chi connectivity index (χ4v) is 5.80. The van der Waals surface area contributed by atoms with Gasteiger partial charge in [-0.3, -0.25) is 19.3 Å². The molecule has 1 amide bonds. The van der Waals surface area contributed by atoms with Gasteiger partial charge in [-0.1, -0.05) is 6.07 Å². The Balaban J connectivity index is 1.96. The van der Waals surface area contributed by atoms with Crippen LogP contribution in [0.4, 0.5) is 0 Å². The molecule has 1 saturated carbocycles. The smallest absolute Gasteiger partial charge is 0.255 e. The molecule has 4 unspecified atom stereocenters. The number of ketones is 2. The van der Waals surface area contributed by atoms with Crippen LogP contribution in [0.3, 0.4) is 0 Å². The largest absolute Gasteiger partial charge is 0.508 e. The van der Waals surface area contributed by atoms with Crippen LogP contribution >= 0.6 is 0 Å². The molecule has 4 rings (SSSR count). The summed E-state index contributed by atoms with van der Waals surface area (Å²) < 4.78 is 0. The summed E-state index contributed by atoms with van der Waals surface area (Å²) >= 11 is 0. The number of aliphatic hydroxyl groups is 3. The molecule has 1 fully saturated rings. The monoisotopic (exact) mass is 471 g/mol. The highest BCUT2D eigenvalue weighted by molar-refractivity contribution is 6.24. The van der Waals surface area contributed by atoms with Crippen LogP contribution < -0.4 is 5.73 Å². The molecule has 3 aliphatic rings. The summed E-state index contributed by atoms with van der Waals surface area (Å²) in [6.45, 7) is 0.531. The van der Waals surface area contributed by atoms with Crippen molar-refractivity contribution in [2.24, 2.45) is 17.6 Å². The Morgan fingerprint density at radius 2 is 1.79 bits per heavy atom. The second-order valence-corrected chi connectivity index (χ2v) is 9.80. The number of hydrogen-bond donors (Lipinski definition) is 5. The van der Waals surface area contributed by atoms with Crippen LogP contribution in [0, 0.1) is 11.8 Å². The third-order valence-electron chi connectivity index (χ3n) is 7.19. The standard InChI is InChI=1S/C24H29N3O7/c1-26(2)9-10-5-6-14(28)16-12(10)7-11-8-13-18(27(3)4)20(30)17(23(25)33)22(32)24(13,34)21(31)15(11)19(16)29/h5-6,11,13,18,28-29,32,34H,7-9H2,1-4H3,(H2,25,33). The molecule has 0 aliphatic heterocycles. The van der Waals surface area contributed by atoms with Crippen molar-refractivity contribution < 1.29 is 34.8 Å². The number of likely N-dealkylation sites (N-methyl/N-ethyl adjacent to an activating group) is 1. The summed E-state index contributed by atoms with van der Waals surface area (Å²) in [6, 6.07) is 2.10. The van der Waals surface area contributed by atoms with Crippen LogP contribution in [0.5, 0.6) is 5.75 Å². The van der Waals surface area contributed by atoms with Crippen molar-refractivity contribution in [3.05, 3.63) is 45.7 Å². The second kappa shape index (κ2) is 7.93. The number of phenols is 1. The SMILES string of the molecule is CN(C)Cc1ccc(O)c2c1CC1CC3C(N(C)C)C(=O)C(C(N)=O)=C(O)C3(O)C(=O)C1=C2O. The van der Waals surface area contributed by atoms with E-state index in [1.165, 1.54) is 11.0 Å². The molecule has 0 bridgehead atoms. The predicted molar refractivity (Wildman–Crippen MR) is 122 cm³/mol. The Morgan fingerprint density at radius 3 is 2.35 bits per heavy atom. The van der Waals surface area contributed by atoms with Gasteiger partial charge in [0.25, 0.3) is 5.91 Å². The van der Waals surface area contributed by atoms with Gasteiger partial charge in [0.2, 0.25) is 5.78 Å². The van der Waals surface area contributed by atoms with Gasteiger partial charge < -0.3 is 31.1 Å². The minimum atomic E-state index is -2.62. The van der Waals surface area contributed by atoms with Crippen LogP contribution in [0.25, 0.3) is 5.76 Å². The number of primary amides is 1. The third kappa shape index (κ3) is 3.17. The predicted octanol–water partition coefficient (Wildman–Crippen LogP) is 0.0256. The lowest BCUT2D eigenvalue weighted by atomic mass is 9.57. The summed E-state index contributed by atoms with van der Waals surface area (Å²) in [5.41, 5.74) is 3.37. The van der Waals surface area contributed by atoms with E-state index in [4.69, 9.17) is 5.73 Å². The van der Waals surface area contributed by atoms with Gasteiger partial charge >= 0.3 is 0 Å². The zero-order valence-electron chi connectivity index (χ0n) is 19.5. The number of nitrogens with two attached hydrogens (primary N) is 1. The van der Waals surface area contributed by atoms with Crippen molar-refractivity contribution in [3.8, 4) is 5.75 Å². The maximum Gasteiger partial charge on any atom is 0.255 e. The molecule has 1 aromatic rings. The number of carbonyl (C=O) groups is 3. The number of carbonyl (C=O) groups excluding carboxylic acids is 3. The average Bonchev–Trinajstić information content (AvgIpc) is 2.72. The second-order valence-electron chi connectivity index (χ2n) is 9.80. The maximum absolute atomic E-state index is 13.7. The molecule has 0 radical (unpaired) electrons. The molecule has 10 heteroatoms. The molecule has 182 valence electrons. The van der Waals surface area contributed by atoms with E-state index in [-0.39, 0.29) is 29.7 Å². The summed E-state index contributed by atoms with van der Waals surface area (Å²) in [7, 11) is 6.91. The molecule has 6 N–H and O–H groups in total. The topological polar surface area (TPSA) is 165 Å². The Morgan fingerprint density at radius 1 is 1.15 bits per heavy atom.